The lowest BCUT2D eigenvalue weighted by Crippen LogP contribution is -2.00. The van der Waals surface area contributed by atoms with Gasteiger partial charge in [-0.05, 0) is 13.0 Å². The van der Waals surface area contributed by atoms with Gasteiger partial charge in [-0.3, -0.25) is 4.79 Å². The zero-order valence-corrected chi connectivity index (χ0v) is 7.96. The number of ether oxygens (including phenoxy) is 2. The maximum atomic E-state index is 11.0. The molecule has 0 spiro atoms. The SMILES string of the molecule is COc1c(O)cc2c(c1C)OC(=O)C2. The third-order valence-corrected chi connectivity index (χ3v) is 2.27. The summed E-state index contributed by atoms with van der Waals surface area (Å²) in [6, 6.07) is 1.51. The summed E-state index contributed by atoms with van der Waals surface area (Å²) >= 11 is 0. The second kappa shape index (κ2) is 2.90. The molecule has 0 atom stereocenters. The van der Waals surface area contributed by atoms with Crippen LogP contribution in [0.5, 0.6) is 17.2 Å². The summed E-state index contributed by atoms with van der Waals surface area (Å²) < 4.78 is 10.0. The molecular formula is C10H10O4. The highest BCUT2D eigenvalue weighted by molar-refractivity contribution is 5.83. The number of hydrogen-bond acceptors (Lipinski definition) is 4. The quantitative estimate of drug-likeness (QED) is 0.538. The Morgan fingerprint density at radius 1 is 1.57 bits per heavy atom. The van der Waals surface area contributed by atoms with E-state index in [-0.39, 0.29) is 18.1 Å². The normalized spacial score (nSPS) is 13.7. The predicted octanol–water partition coefficient (Wildman–Crippen LogP) is 1.17. The summed E-state index contributed by atoms with van der Waals surface area (Å²) in [7, 11) is 1.46. The first-order chi connectivity index (χ1) is 6.63. The highest BCUT2D eigenvalue weighted by Gasteiger charge is 2.26. The molecule has 1 aromatic carbocycles. The van der Waals surface area contributed by atoms with Crippen LogP contribution in [0.4, 0.5) is 0 Å². The lowest BCUT2D eigenvalue weighted by molar-refractivity contribution is -0.131. The van der Waals surface area contributed by atoms with Crippen LogP contribution in [0.25, 0.3) is 0 Å². The lowest BCUT2D eigenvalue weighted by Gasteiger charge is -2.09. The molecule has 0 radical (unpaired) electrons. The van der Waals surface area contributed by atoms with E-state index in [4.69, 9.17) is 9.47 Å². The molecule has 2 rings (SSSR count). The third-order valence-electron chi connectivity index (χ3n) is 2.27. The number of carbonyl (C=O) groups is 1. The van der Waals surface area contributed by atoms with E-state index < -0.39 is 0 Å². The number of benzene rings is 1. The number of carbonyl (C=O) groups excluding carboxylic acids is 1. The first-order valence-electron chi connectivity index (χ1n) is 4.23. The highest BCUT2D eigenvalue weighted by atomic mass is 16.5. The molecule has 4 nitrogen and oxygen atoms in total. The molecule has 0 aliphatic carbocycles. The van der Waals surface area contributed by atoms with Gasteiger partial charge in [0.15, 0.2) is 11.5 Å². The third kappa shape index (κ3) is 1.11. The summed E-state index contributed by atoms with van der Waals surface area (Å²) in [5.74, 6) is 0.626. The van der Waals surface area contributed by atoms with E-state index in [2.05, 4.69) is 0 Å². The molecule has 0 bridgehead atoms. The van der Waals surface area contributed by atoms with E-state index in [1.165, 1.54) is 13.2 Å². The van der Waals surface area contributed by atoms with Crippen LogP contribution in [0.2, 0.25) is 0 Å². The second-order valence-electron chi connectivity index (χ2n) is 3.19. The molecule has 4 heteroatoms. The Balaban J connectivity index is 2.62. The van der Waals surface area contributed by atoms with Crippen LogP contribution < -0.4 is 9.47 Å². The molecule has 14 heavy (non-hydrogen) atoms. The number of fused-ring (bicyclic) bond motifs is 1. The Bertz CT molecular complexity index is 409. The lowest BCUT2D eigenvalue weighted by atomic mass is 10.1. The molecule has 1 aliphatic rings. The molecular weight excluding hydrogens is 184 g/mol. The van der Waals surface area contributed by atoms with E-state index in [0.29, 0.717) is 22.6 Å². The number of aromatic hydroxyl groups is 1. The van der Waals surface area contributed by atoms with Crippen LogP contribution in [-0.2, 0) is 11.2 Å². The Labute approximate surface area is 81.1 Å². The molecule has 0 fully saturated rings. The minimum atomic E-state index is -0.296. The van der Waals surface area contributed by atoms with E-state index in [0.717, 1.165) is 0 Å². The monoisotopic (exact) mass is 194 g/mol. The Hall–Kier alpha value is -1.71. The zero-order chi connectivity index (χ0) is 10.3. The fraction of sp³-hybridized carbons (Fsp3) is 0.300. The van der Waals surface area contributed by atoms with Gasteiger partial charge in [0.25, 0.3) is 0 Å². The Morgan fingerprint density at radius 2 is 2.29 bits per heavy atom. The number of phenolic OH excluding ortho intramolecular Hbond substituents is 1. The van der Waals surface area contributed by atoms with Crippen LogP contribution in [0.1, 0.15) is 11.1 Å². The smallest absolute Gasteiger partial charge is 0.315 e. The molecule has 0 saturated heterocycles. The maximum Gasteiger partial charge on any atom is 0.315 e. The van der Waals surface area contributed by atoms with Crippen molar-refractivity contribution in [3.05, 3.63) is 17.2 Å². The van der Waals surface area contributed by atoms with Gasteiger partial charge in [0.05, 0.1) is 13.5 Å². The molecule has 1 heterocycles. The van der Waals surface area contributed by atoms with E-state index >= 15 is 0 Å². The largest absolute Gasteiger partial charge is 0.504 e. The van der Waals surface area contributed by atoms with Gasteiger partial charge in [0.1, 0.15) is 5.75 Å². The molecule has 1 aromatic rings. The van der Waals surface area contributed by atoms with Crippen molar-refractivity contribution in [3.63, 3.8) is 0 Å². The number of esters is 1. The van der Waals surface area contributed by atoms with Crippen LogP contribution in [-0.4, -0.2) is 18.2 Å². The first-order valence-corrected chi connectivity index (χ1v) is 4.23. The van der Waals surface area contributed by atoms with Gasteiger partial charge in [-0.1, -0.05) is 0 Å². The van der Waals surface area contributed by atoms with Crippen molar-refractivity contribution in [3.8, 4) is 17.2 Å². The second-order valence-corrected chi connectivity index (χ2v) is 3.19. The summed E-state index contributed by atoms with van der Waals surface area (Å²) in [4.78, 5) is 11.0. The molecule has 74 valence electrons. The molecule has 0 aromatic heterocycles. The van der Waals surface area contributed by atoms with Crippen LogP contribution >= 0.6 is 0 Å². The Morgan fingerprint density at radius 3 is 2.93 bits per heavy atom. The van der Waals surface area contributed by atoms with Crippen molar-refractivity contribution in [2.24, 2.45) is 0 Å². The van der Waals surface area contributed by atoms with E-state index in [1.54, 1.807) is 6.92 Å². The summed E-state index contributed by atoms with van der Waals surface area (Å²) in [6.45, 7) is 1.75. The molecule has 1 N–H and O–H groups in total. The van der Waals surface area contributed by atoms with Gasteiger partial charge in [-0.25, -0.2) is 0 Å². The van der Waals surface area contributed by atoms with Crippen molar-refractivity contribution in [2.75, 3.05) is 7.11 Å². The van der Waals surface area contributed by atoms with Gasteiger partial charge in [-0.15, -0.1) is 0 Å². The zero-order valence-electron chi connectivity index (χ0n) is 7.96. The summed E-state index contributed by atoms with van der Waals surface area (Å²) in [5, 5.41) is 9.55. The highest BCUT2D eigenvalue weighted by Crippen LogP contribution is 2.41. The van der Waals surface area contributed by atoms with Gasteiger partial charge in [0.2, 0.25) is 0 Å². The fourth-order valence-electron chi connectivity index (χ4n) is 1.67. The maximum absolute atomic E-state index is 11.0. The van der Waals surface area contributed by atoms with Gasteiger partial charge in [-0.2, -0.15) is 0 Å². The molecule has 0 saturated carbocycles. The fourth-order valence-corrected chi connectivity index (χ4v) is 1.67. The van der Waals surface area contributed by atoms with Crippen LogP contribution in [0, 0.1) is 6.92 Å². The summed E-state index contributed by atoms with van der Waals surface area (Å²) in [5.41, 5.74) is 1.37. The number of hydrogen-bond donors (Lipinski definition) is 1. The standard InChI is InChI=1S/C10H10O4/c1-5-9-6(4-8(12)14-9)3-7(11)10(5)13-2/h3,11H,4H2,1-2H3. The Kier molecular flexibility index (Phi) is 1.84. The number of phenols is 1. The average molecular weight is 194 g/mol. The molecule has 0 amide bonds. The van der Waals surface area contributed by atoms with Crippen molar-refractivity contribution in [1.82, 2.24) is 0 Å². The minimum absolute atomic E-state index is 0.0436. The molecule has 0 unspecified atom stereocenters. The van der Waals surface area contributed by atoms with Crippen molar-refractivity contribution in [1.29, 1.82) is 0 Å². The van der Waals surface area contributed by atoms with Crippen molar-refractivity contribution < 1.29 is 19.4 Å². The van der Waals surface area contributed by atoms with Crippen LogP contribution in [0.3, 0.4) is 0 Å². The molecule has 1 aliphatic heterocycles. The number of rotatable bonds is 1. The predicted molar refractivity (Wildman–Crippen MR) is 48.7 cm³/mol. The van der Waals surface area contributed by atoms with Crippen molar-refractivity contribution in [2.45, 2.75) is 13.3 Å². The van der Waals surface area contributed by atoms with E-state index in [9.17, 15) is 9.90 Å². The first kappa shape index (κ1) is 8.87. The van der Waals surface area contributed by atoms with Gasteiger partial charge >= 0.3 is 5.97 Å². The topological polar surface area (TPSA) is 55.8 Å². The van der Waals surface area contributed by atoms with Gasteiger partial charge < -0.3 is 14.6 Å². The summed E-state index contributed by atoms with van der Waals surface area (Å²) in [6.07, 6.45) is 0.216. The average Bonchev–Trinajstić information content (AvgIpc) is 2.47. The number of methoxy groups -OCH3 is 1. The van der Waals surface area contributed by atoms with E-state index in [1.807, 2.05) is 0 Å². The minimum Gasteiger partial charge on any atom is -0.504 e. The van der Waals surface area contributed by atoms with Crippen LogP contribution in [0.15, 0.2) is 6.07 Å². The van der Waals surface area contributed by atoms with Crippen molar-refractivity contribution >= 4 is 5.97 Å². The van der Waals surface area contributed by atoms with Gasteiger partial charge in [0, 0.05) is 11.1 Å².